The monoisotopic (exact) mass is 365 g/mol. The molecule has 2 heterocycles. The van der Waals surface area contributed by atoms with Crippen molar-refractivity contribution in [1.82, 2.24) is 4.98 Å². The highest BCUT2D eigenvalue weighted by atomic mass is 32.2. The maximum atomic E-state index is 5.10. The minimum atomic E-state index is 0. The summed E-state index contributed by atoms with van der Waals surface area (Å²) >= 11 is 2.07. The predicted octanol–water partition coefficient (Wildman–Crippen LogP) is 7.48. The fraction of sp³-hybridized carbons (Fsp3) is 0.850. The molecule has 1 aromatic heterocycles. The van der Waals surface area contributed by atoms with Gasteiger partial charge in [-0.25, -0.2) is 4.98 Å². The number of ether oxygens (including phenoxy) is 1. The zero-order chi connectivity index (χ0) is 17.8. The number of hydrogen-bond acceptors (Lipinski definition) is 4. The summed E-state index contributed by atoms with van der Waals surface area (Å²) < 4.78 is 9.64. The normalized spacial score (nSPS) is 10.5. The van der Waals surface area contributed by atoms with E-state index in [4.69, 9.17) is 4.42 Å². The van der Waals surface area contributed by atoms with Crippen molar-refractivity contribution in [2.45, 2.75) is 89.5 Å². The van der Waals surface area contributed by atoms with E-state index in [0.29, 0.717) is 0 Å². The molecule has 4 heteroatoms. The molecule has 0 unspecified atom stereocenters. The zero-order valence-corrected chi connectivity index (χ0v) is 17.2. The lowest BCUT2D eigenvalue weighted by Gasteiger charge is -1.77. The SMILES string of the molecule is C.C.C1CCSC1.CC.CCC.CCOC.Cc1nc(C)c(C)o1. The van der Waals surface area contributed by atoms with Crippen LogP contribution in [0.3, 0.4) is 0 Å². The van der Waals surface area contributed by atoms with Gasteiger partial charge in [-0.15, -0.1) is 0 Å². The van der Waals surface area contributed by atoms with Gasteiger partial charge in [0.1, 0.15) is 5.76 Å². The van der Waals surface area contributed by atoms with Crippen molar-refractivity contribution in [2.75, 3.05) is 25.2 Å². The molecule has 1 fully saturated rings. The Balaban J connectivity index is -0.0000000667. The van der Waals surface area contributed by atoms with Crippen molar-refractivity contribution in [3.05, 3.63) is 17.3 Å². The average molecular weight is 366 g/mol. The molecule has 0 N–H and O–H groups in total. The Morgan fingerprint density at radius 1 is 1.00 bits per heavy atom. The fourth-order valence-electron chi connectivity index (χ4n) is 1.14. The topological polar surface area (TPSA) is 35.3 Å². The van der Waals surface area contributed by atoms with Crippen LogP contribution in [-0.2, 0) is 4.74 Å². The van der Waals surface area contributed by atoms with E-state index in [1.807, 2.05) is 41.5 Å². The van der Waals surface area contributed by atoms with Crippen molar-refractivity contribution >= 4 is 11.8 Å². The van der Waals surface area contributed by atoms with Crippen LogP contribution in [0.1, 0.15) is 86.1 Å². The Morgan fingerprint density at radius 3 is 1.46 bits per heavy atom. The number of rotatable bonds is 1. The van der Waals surface area contributed by atoms with Gasteiger partial charge in [-0.05, 0) is 45.1 Å². The third-order valence-electron chi connectivity index (χ3n) is 2.25. The van der Waals surface area contributed by atoms with Gasteiger partial charge in [-0.3, -0.25) is 0 Å². The average Bonchev–Trinajstić information content (AvgIpc) is 3.17. The van der Waals surface area contributed by atoms with Crippen molar-refractivity contribution < 1.29 is 9.15 Å². The summed E-state index contributed by atoms with van der Waals surface area (Å²) in [6.45, 7) is 16.7. The van der Waals surface area contributed by atoms with Crippen molar-refractivity contribution in [3.63, 3.8) is 0 Å². The molecule has 0 spiro atoms. The molecule has 0 aromatic carbocycles. The zero-order valence-electron chi connectivity index (χ0n) is 16.4. The van der Waals surface area contributed by atoms with Crippen molar-refractivity contribution in [2.24, 2.45) is 0 Å². The van der Waals surface area contributed by atoms with Crippen LogP contribution in [0, 0.1) is 20.8 Å². The first-order valence-corrected chi connectivity index (χ1v) is 9.66. The Labute approximate surface area is 158 Å². The van der Waals surface area contributed by atoms with E-state index in [2.05, 4.69) is 35.3 Å². The fourth-order valence-corrected chi connectivity index (χ4v) is 2.16. The van der Waals surface area contributed by atoms with Gasteiger partial charge in [0.25, 0.3) is 0 Å². The van der Waals surface area contributed by atoms with E-state index < -0.39 is 0 Å². The summed E-state index contributed by atoms with van der Waals surface area (Å²) in [5, 5.41) is 0. The lowest BCUT2D eigenvalue weighted by atomic mass is 10.4. The molecule has 1 aliphatic heterocycles. The number of oxazole rings is 1. The molecule has 3 nitrogen and oxygen atoms in total. The van der Waals surface area contributed by atoms with Gasteiger partial charge in [-0.1, -0.05) is 49.0 Å². The van der Waals surface area contributed by atoms with Gasteiger partial charge in [0.2, 0.25) is 0 Å². The molecule has 0 atom stereocenters. The maximum absolute atomic E-state index is 5.10. The van der Waals surface area contributed by atoms with Crippen LogP contribution in [0.4, 0.5) is 0 Å². The highest BCUT2D eigenvalue weighted by molar-refractivity contribution is 7.99. The molecule has 2 rings (SSSR count). The Kier molecular flexibility index (Phi) is 44.1. The first-order valence-electron chi connectivity index (χ1n) is 8.50. The van der Waals surface area contributed by atoms with E-state index in [1.54, 1.807) is 7.11 Å². The summed E-state index contributed by atoms with van der Waals surface area (Å²) in [5.74, 6) is 4.50. The van der Waals surface area contributed by atoms with E-state index in [0.717, 1.165) is 24.0 Å². The van der Waals surface area contributed by atoms with Crippen LogP contribution in [0.2, 0.25) is 0 Å². The van der Waals surface area contributed by atoms with Crippen LogP contribution < -0.4 is 0 Å². The summed E-state index contributed by atoms with van der Waals surface area (Å²) in [6.07, 6.45) is 4.18. The third-order valence-corrected chi connectivity index (χ3v) is 3.41. The smallest absolute Gasteiger partial charge is 0.191 e. The van der Waals surface area contributed by atoms with E-state index in [1.165, 1.54) is 30.8 Å². The predicted molar refractivity (Wildman–Crippen MR) is 116 cm³/mol. The first kappa shape index (κ1) is 34.8. The number of hydrogen-bond donors (Lipinski definition) is 0. The second-order valence-corrected chi connectivity index (χ2v) is 5.70. The second-order valence-electron chi connectivity index (χ2n) is 4.48. The molecular formula is C20H47NO2S. The van der Waals surface area contributed by atoms with E-state index in [9.17, 15) is 0 Å². The van der Waals surface area contributed by atoms with Gasteiger partial charge >= 0.3 is 0 Å². The maximum Gasteiger partial charge on any atom is 0.191 e. The number of aryl methyl sites for hydroxylation is 3. The molecule has 0 saturated carbocycles. The molecule has 0 radical (unpaired) electrons. The van der Waals surface area contributed by atoms with Crippen LogP contribution >= 0.6 is 11.8 Å². The Hall–Kier alpha value is -0.480. The molecule has 1 aromatic rings. The van der Waals surface area contributed by atoms with Crippen LogP contribution in [0.15, 0.2) is 4.42 Å². The highest BCUT2D eigenvalue weighted by Crippen LogP contribution is 2.14. The van der Waals surface area contributed by atoms with Crippen molar-refractivity contribution in [3.8, 4) is 0 Å². The number of thioether (sulfide) groups is 1. The highest BCUT2D eigenvalue weighted by Gasteiger charge is 1.97. The van der Waals surface area contributed by atoms with Gasteiger partial charge in [0.05, 0.1) is 5.69 Å². The second kappa shape index (κ2) is 30.4. The van der Waals surface area contributed by atoms with Gasteiger partial charge in [0, 0.05) is 20.6 Å². The Morgan fingerprint density at radius 2 is 1.38 bits per heavy atom. The van der Waals surface area contributed by atoms with Gasteiger partial charge in [0.15, 0.2) is 5.89 Å². The Bertz CT molecular complexity index is 269. The summed E-state index contributed by atoms with van der Waals surface area (Å²) in [5.41, 5.74) is 0.988. The standard InChI is InChI=1S/C6H9NO.C4H8S.C3H8O.C3H8.C2H6.2CH4/c1-4-5(2)8-6(3)7-4;1-2-4-5-3-1;1-3-4-2;1-3-2;1-2;;/h1-3H3;1-4H2;3H2,1-2H3;3H2,1-2H3;1-2H3;2*1H4. The van der Waals surface area contributed by atoms with Gasteiger partial charge in [-0.2, -0.15) is 11.8 Å². The lowest BCUT2D eigenvalue weighted by molar-refractivity contribution is 0.215. The van der Waals surface area contributed by atoms with Crippen LogP contribution in [0.5, 0.6) is 0 Å². The largest absolute Gasteiger partial charge is 0.446 e. The first-order chi connectivity index (χ1) is 10.5. The summed E-state index contributed by atoms with van der Waals surface area (Å²) in [6, 6.07) is 0. The van der Waals surface area contributed by atoms with E-state index >= 15 is 0 Å². The molecule has 1 saturated heterocycles. The molecular weight excluding hydrogens is 318 g/mol. The summed E-state index contributed by atoms with van der Waals surface area (Å²) in [7, 11) is 1.68. The molecule has 0 amide bonds. The number of aromatic nitrogens is 1. The molecule has 150 valence electrons. The minimum absolute atomic E-state index is 0. The van der Waals surface area contributed by atoms with Crippen molar-refractivity contribution in [1.29, 1.82) is 0 Å². The number of methoxy groups -OCH3 is 1. The summed E-state index contributed by atoms with van der Waals surface area (Å²) in [4.78, 5) is 4.04. The van der Waals surface area contributed by atoms with Gasteiger partial charge < -0.3 is 9.15 Å². The van der Waals surface area contributed by atoms with E-state index in [-0.39, 0.29) is 14.9 Å². The molecule has 0 bridgehead atoms. The number of nitrogens with zero attached hydrogens (tertiary/aromatic N) is 1. The molecule has 0 aliphatic carbocycles. The quantitative estimate of drug-likeness (QED) is 0.516. The van der Waals surface area contributed by atoms with Crippen LogP contribution in [-0.4, -0.2) is 30.2 Å². The molecule has 24 heavy (non-hydrogen) atoms. The lowest BCUT2D eigenvalue weighted by Crippen LogP contribution is -1.73. The third kappa shape index (κ3) is 29.5. The van der Waals surface area contributed by atoms with Crippen LogP contribution in [0.25, 0.3) is 0 Å². The minimum Gasteiger partial charge on any atom is -0.446 e. The molecule has 1 aliphatic rings.